The van der Waals surface area contributed by atoms with Crippen molar-refractivity contribution in [3.05, 3.63) is 47.4 Å². The van der Waals surface area contributed by atoms with Gasteiger partial charge in [0.15, 0.2) is 0 Å². The van der Waals surface area contributed by atoms with Gasteiger partial charge >= 0.3 is 0 Å². The highest BCUT2D eigenvalue weighted by Gasteiger charge is 2.05. The smallest absolute Gasteiger partial charge is 0.224 e. The maximum absolute atomic E-state index is 13.5. The van der Waals surface area contributed by atoms with Crippen LogP contribution in [-0.2, 0) is 6.42 Å². The predicted octanol–water partition coefficient (Wildman–Crippen LogP) is 3.03. The van der Waals surface area contributed by atoms with E-state index in [1.807, 2.05) is 44.2 Å². The molecule has 0 amide bonds. The van der Waals surface area contributed by atoms with Crippen molar-refractivity contribution < 1.29 is 4.39 Å². The molecular weight excluding hydrogens is 267 g/mol. The molecule has 0 spiro atoms. The molecule has 0 radical (unpaired) electrons. The minimum atomic E-state index is -0.140. The van der Waals surface area contributed by atoms with Gasteiger partial charge in [0.25, 0.3) is 0 Å². The summed E-state index contributed by atoms with van der Waals surface area (Å²) in [6.45, 7) is 2.70. The molecule has 1 heterocycles. The van der Waals surface area contributed by atoms with Gasteiger partial charge < -0.3 is 10.2 Å². The van der Waals surface area contributed by atoms with E-state index in [0.717, 1.165) is 23.4 Å². The quantitative estimate of drug-likeness (QED) is 0.830. The average Bonchev–Trinajstić information content (AvgIpc) is 2.46. The van der Waals surface area contributed by atoms with Crippen molar-refractivity contribution in [1.82, 2.24) is 9.97 Å². The first-order valence-corrected chi connectivity index (χ1v) is 7.06. The van der Waals surface area contributed by atoms with E-state index in [1.54, 1.807) is 6.07 Å². The number of hydrogen-bond acceptors (Lipinski definition) is 4. The summed E-state index contributed by atoms with van der Waals surface area (Å²) in [5.74, 6) is 1.37. The Bertz CT molecular complexity index is 599. The van der Waals surface area contributed by atoms with Crippen LogP contribution in [0.25, 0.3) is 0 Å². The molecule has 0 bridgehead atoms. The van der Waals surface area contributed by atoms with Crippen LogP contribution in [0.5, 0.6) is 0 Å². The minimum absolute atomic E-state index is 0.140. The van der Waals surface area contributed by atoms with Crippen LogP contribution in [0, 0.1) is 12.7 Å². The fourth-order valence-corrected chi connectivity index (χ4v) is 2.15. The zero-order valence-electron chi connectivity index (χ0n) is 12.7. The Labute approximate surface area is 125 Å². The number of aryl methyl sites for hydroxylation is 2. The molecule has 1 aromatic carbocycles. The molecule has 0 atom stereocenters. The molecule has 2 rings (SSSR count). The van der Waals surface area contributed by atoms with Crippen LogP contribution in [0.4, 0.5) is 16.2 Å². The summed E-state index contributed by atoms with van der Waals surface area (Å²) < 4.78 is 13.5. The van der Waals surface area contributed by atoms with Crippen molar-refractivity contribution in [2.75, 3.05) is 30.9 Å². The number of benzene rings is 1. The van der Waals surface area contributed by atoms with Crippen molar-refractivity contribution >= 4 is 11.8 Å². The van der Waals surface area contributed by atoms with E-state index in [1.165, 1.54) is 6.07 Å². The van der Waals surface area contributed by atoms with E-state index < -0.39 is 0 Å². The second kappa shape index (κ2) is 7.02. The molecule has 112 valence electrons. The second-order valence-corrected chi connectivity index (χ2v) is 5.22. The minimum Gasteiger partial charge on any atom is -0.362 e. The second-order valence-electron chi connectivity index (χ2n) is 5.22. The topological polar surface area (TPSA) is 41.1 Å². The average molecular weight is 288 g/mol. The molecule has 0 aliphatic rings. The van der Waals surface area contributed by atoms with Gasteiger partial charge in [0, 0.05) is 32.4 Å². The van der Waals surface area contributed by atoms with Gasteiger partial charge in [0.1, 0.15) is 11.6 Å². The lowest BCUT2D eigenvalue weighted by molar-refractivity contribution is 0.606. The fraction of sp³-hybridized carbons (Fsp3) is 0.375. The summed E-state index contributed by atoms with van der Waals surface area (Å²) in [6.07, 6.45) is 3.34. The highest BCUT2D eigenvalue weighted by atomic mass is 19.1. The molecule has 0 aliphatic heterocycles. The highest BCUT2D eigenvalue weighted by molar-refractivity contribution is 5.47. The first kappa shape index (κ1) is 15.2. The Morgan fingerprint density at radius 2 is 2.00 bits per heavy atom. The Morgan fingerprint density at radius 1 is 1.24 bits per heavy atom. The monoisotopic (exact) mass is 288 g/mol. The van der Waals surface area contributed by atoms with Crippen molar-refractivity contribution in [2.24, 2.45) is 0 Å². The van der Waals surface area contributed by atoms with E-state index in [4.69, 9.17) is 0 Å². The molecule has 2 aromatic rings. The molecule has 21 heavy (non-hydrogen) atoms. The van der Waals surface area contributed by atoms with Gasteiger partial charge in [0.05, 0.1) is 0 Å². The van der Waals surface area contributed by atoms with Gasteiger partial charge in [-0.1, -0.05) is 18.2 Å². The normalized spacial score (nSPS) is 10.5. The van der Waals surface area contributed by atoms with Crippen LogP contribution >= 0.6 is 0 Å². The third-order valence-corrected chi connectivity index (χ3v) is 3.23. The summed E-state index contributed by atoms with van der Waals surface area (Å²) >= 11 is 0. The van der Waals surface area contributed by atoms with E-state index in [0.29, 0.717) is 18.9 Å². The van der Waals surface area contributed by atoms with Gasteiger partial charge in [0.2, 0.25) is 5.95 Å². The number of nitrogens with one attached hydrogen (secondary N) is 1. The molecule has 1 N–H and O–H groups in total. The largest absolute Gasteiger partial charge is 0.362 e. The van der Waals surface area contributed by atoms with Gasteiger partial charge in [-0.3, -0.25) is 0 Å². The molecule has 1 aromatic heterocycles. The highest BCUT2D eigenvalue weighted by Crippen LogP contribution is 2.15. The molecule has 0 aliphatic carbocycles. The lowest BCUT2D eigenvalue weighted by Crippen LogP contribution is -2.15. The summed E-state index contributed by atoms with van der Waals surface area (Å²) in [5, 5.41) is 3.19. The van der Waals surface area contributed by atoms with E-state index >= 15 is 0 Å². The van der Waals surface area contributed by atoms with Gasteiger partial charge in [-0.15, -0.1) is 0 Å². The van der Waals surface area contributed by atoms with Crippen LogP contribution < -0.4 is 10.2 Å². The number of hydrogen-bond donors (Lipinski definition) is 1. The molecule has 0 saturated carbocycles. The number of rotatable bonds is 6. The zero-order valence-corrected chi connectivity index (χ0v) is 12.7. The Hall–Kier alpha value is -2.17. The number of nitrogens with zero attached hydrogens (tertiary/aromatic N) is 3. The number of anilines is 2. The molecular formula is C16H21FN4. The standard InChI is InChI=1S/C16H21FN4/c1-12-11-19-16(20-15(12)21(2)3)18-10-6-8-13-7-4-5-9-14(13)17/h4-5,7,9,11H,6,8,10H2,1-3H3,(H,18,19,20). The van der Waals surface area contributed by atoms with Gasteiger partial charge in [-0.2, -0.15) is 4.98 Å². The summed E-state index contributed by atoms with van der Waals surface area (Å²) in [6, 6.07) is 6.88. The Balaban J connectivity index is 1.87. The Morgan fingerprint density at radius 3 is 2.71 bits per heavy atom. The van der Waals surface area contributed by atoms with Crippen molar-refractivity contribution in [3.63, 3.8) is 0 Å². The van der Waals surface area contributed by atoms with Crippen molar-refractivity contribution in [2.45, 2.75) is 19.8 Å². The van der Waals surface area contributed by atoms with Crippen molar-refractivity contribution in [3.8, 4) is 0 Å². The Kier molecular flexibility index (Phi) is 5.09. The van der Waals surface area contributed by atoms with Crippen molar-refractivity contribution in [1.29, 1.82) is 0 Å². The predicted molar refractivity (Wildman–Crippen MR) is 84.3 cm³/mol. The van der Waals surface area contributed by atoms with E-state index in [2.05, 4.69) is 15.3 Å². The van der Waals surface area contributed by atoms with Crippen LogP contribution in [0.1, 0.15) is 17.5 Å². The number of aromatic nitrogens is 2. The summed E-state index contributed by atoms with van der Waals surface area (Å²) in [5.41, 5.74) is 1.79. The fourth-order valence-electron chi connectivity index (χ4n) is 2.15. The molecule has 4 nitrogen and oxygen atoms in total. The van der Waals surface area contributed by atoms with Crippen LogP contribution in [0.3, 0.4) is 0 Å². The lowest BCUT2D eigenvalue weighted by Gasteiger charge is -2.15. The SMILES string of the molecule is Cc1cnc(NCCCc2ccccc2F)nc1N(C)C. The zero-order chi connectivity index (χ0) is 15.2. The van der Waals surface area contributed by atoms with E-state index in [-0.39, 0.29) is 5.82 Å². The van der Waals surface area contributed by atoms with Gasteiger partial charge in [-0.05, 0) is 31.4 Å². The maximum Gasteiger partial charge on any atom is 0.224 e. The first-order chi connectivity index (χ1) is 10.1. The third-order valence-electron chi connectivity index (χ3n) is 3.23. The lowest BCUT2D eigenvalue weighted by atomic mass is 10.1. The van der Waals surface area contributed by atoms with Crippen LogP contribution in [-0.4, -0.2) is 30.6 Å². The molecule has 0 saturated heterocycles. The third kappa shape index (κ3) is 4.15. The van der Waals surface area contributed by atoms with Crippen LogP contribution in [0.15, 0.2) is 30.5 Å². The molecule has 0 unspecified atom stereocenters. The van der Waals surface area contributed by atoms with Crippen LogP contribution in [0.2, 0.25) is 0 Å². The first-order valence-electron chi connectivity index (χ1n) is 7.06. The maximum atomic E-state index is 13.5. The molecule has 0 fully saturated rings. The molecule has 5 heteroatoms. The van der Waals surface area contributed by atoms with Gasteiger partial charge in [-0.25, -0.2) is 9.37 Å². The summed E-state index contributed by atoms with van der Waals surface area (Å²) in [4.78, 5) is 10.7. The number of halogens is 1. The summed E-state index contributed by atoms with van der Waals surface area (Å²) in [7, 11) is 3.91. The van der Waals surface area contributed by atoms with E-state index in [9.17, 15) is 4.39 Å².